The van der Waals surface area contributed by atoms with Gasteiger partial charge in [0.25, 0.3) is 0 Å². The van der Waals surface area contributed by atoms with Crippen LogP contribution in [0.1, 0.15) is 32.2 Å². The molecule has 1 aromatic carbocycles. The third kappa shape index (κ3) is 3.84. The number of hydrogen-bond acceptors (Lipinski definition) is 6. The SMILES string of the molecule is CC(C)(C)n1nnnc1CN(c1cccc(C#N)c1)S(C)(=O)=O. The molecule has 2 rings (SSSR count). The van der Waals surface area contributed by atoms with E-state index in [0.29, 0.717) is 17.1 Å². The molecule has 8 nitrogen and oxygen atoms in total. The van der Waals surface area contributed by atoms with E-state index in [1.54, 1.807) is 22.9 Å². The zero-order valence-corrected chi connectivity index (χ0v) is 14.2. The lowest BCUT2D eigenvalue weighted by Crippen LogP contribution is -2.33. The number of hydrogen-bond donors (Lipinski definition) is 0. The van der Waals surface area contributed by atoms with Crippen LogP contribution in [0.2, 0.25) is 0 Å². The Morgan fingerprint density at radius 3 is 2.61 bits per heavy atom. The molecule has 0 unspecified atom stereocenters. The van der Waals surface area contributed by atoms with Crippen molar-refractivity contribution in [3.05, 3.63) is 35.7 Å². The van der Waals surface area contributed by atoms with E-state index in [0.717, 1.165) is 6.26 Å². The molecule has 9 heteroatoms. The Hall–Kier alpha value is -2.47. The van der Waals surface area contributed by atoms with E-state index < -0.39 is 10.0 Å². The molecule has 0 amide bonds. The van der Waals surface area contributed by atoms with Crippen molar-refractivity contribution >= 4 is 15.7 Å². The molecule has 2 aromatic rings. The van der Waals surface area contributed by atoms with Gasteiger partial charge in [0.2, 0.25) is 10.0 Å². The van der Waals surface area contributed by atoms with Crippen LogP contribution in [0.3, 0.4) is 0 Å². The first-order chi connectivity index (χ1) is 10.6. The van der Waals surface area contributed by atoms with Crippen molar-refractivity contribution in [2.45, 2.75) is 32.9 Å². The van der Waals surface area contributed by atoms with Gasteiger partial charge in [-0.25, -0.2) is 13.1 Å². The van der Waals surface area contributed by atoms with Crippen molar-refractivity contribution in [2.24, 2.45) is 0 Å². The molecule has 0 radical (unpaired) electrons. The number of rotatable bonds is 4. The fourth-order valence-electron chi connectivity index (χ4n) is 2.08. The van der Waals surface area contributed by atoms with Gasteiger partial charge in [-0.1, -0.05) is 6.07 Å². The summed E-state index contributed by atoms with van der Waals surface area (Å²) in [6.07, 6.45) is 1.11. The minimum atomic E-state index is -3.57. The second-order valence-corrected chi connectivity index (χ2v) is 8.02. The molecule has 0 aliphatic heterocycles. The monoisotopic (exact) mass is 334 g/mol. The molecule has 1 heterocycles. The van der Waals surface area contributed by atoms with Crippen LogP contribution < -0.4 is 4.31 Å². The summed E-state index contributed by atoms with van der Waals surface area (Å²) in [5, 5.41) is 20.5. The molecule has 0 saturated carbocycles. The zero-order chi connectivity index (χ0) is 17.3. The highest BCUT2D eigenvalue weighted by atomic mass is 32.2. The topological polar surface area (TPSA) is 105 Å². The molecular formula is C14H18N6O2S. The molecule has 0 fully saturated rings. The Bertz CT molecular complexity index is 845. The minimum absolute atomic E-state index is 0.0159. The Morgan fingerprint density at radius 2 is 2.04 bits per heavy atom. The van der Waals surface area contributed by atoms with Crippen molar-refractivity contribution in [1.82, 2.24) is 20.2 Å². The highest BCUT2D eigenvalue weighted by Gasteiger charge is 2.25. The Balaban J connectivity index is 2.47. The summed E-state index contributed by atoms with van der Waals surface area (Å²) in [6, 6.07) is 8.41. The third-order valence-corrected chi connectivity index (χ3v) is 4.26. The second-order valence-electron chi connectivity index (χ2n) is 6.11. The molecule has 0 bridgehead atoms. The van der Waals surface area contributed by atoms with Crippen molar-refractivity contribution in [3.63, 3.8) is 0 Å². The molecule has 0 N–H and O–H groups in total. The van der Waals surface area contributed by atoms with E-state index >= 15 is 0 Å². The molecule has 0 aliphatic rings. The van der Waals surface area contributed by atoms with Gasteiger partial charge in [0.05, 0.1) is 35.7 Å². The number of nitrogens with zero attached hydrogens (tertiary/aromatic N) is 6. The van der Waals surface area contributed by atoms with E-state index in [-0.39, 0.29) is 12.1 Å². The van der Waals surface area contributed by atoms with E-state index in [1.807, 2.05) is 26.8 Å². The first-order valence-electron chi connectivity index (χ1n) is 6.88. The van der Waals surface area contributed by atoms with Gasteiger partial charge >= 0.3 is 0 Å². The molecule has 0 aliphatic carbocycles. The fourth-order valence-corrected chi connectivity index (χ4v) is 2.93. The van der Waals surface area contributed by atoms with Gasteiger partial charge in [-0.3, -0.25) is 4.31 Å². The van der Waals surface area contributed by atoms with E-state index in [9.17, 15) is 8.42 Å². The van der Waals surface area contributed by atoms with Crippen molar-refractivity contribution in [2.75, 3.05) is 10.6 Å². The normalized spacial score (nSPS) is 12.0. The summed E-state index contributed by atoms with van der Waals surface area (Å²) in [4.78, 5) is 0. The van der Waals surface area contributed by atoms with Crippen molar-refractivity contribution in [3.8, 4) is 6.07 Å². The fraction of sp³-hybridized carbons (Fsp3) is 0.429. The highest BCUT2D eigenvalue weighted by molar-refractivity contribution is 7.92. The van der Waals surface area contributed by atoms with Gasteiger partial charge in [-0.05, 0) is 49.4 Å². The molecule has 23 heavy (non-hydrogen) atoms. The predicted octanol–water partition coefficient (Wildman–Crippen LogP) is 1.27. The van der Waals surface area contributed by atoms with Gasteiger partial charge < -0.3 is 0 Å². The molecule has 122 valence electrons. The van der Waals surface area contributed by atoms with Gasteiger partial charge in [0.15, 0.2) is 5.82 Å². The summed E-state index contributed by atoms with van der Waals surface area (Å²) in [7, 11) is -3.57. The van der Waals surface area contributed by atoms with E-state index in [4.69, 9.17) is 5.26 Å². The summed E-state index contributed by atoms with van der Waals surface area (Å²) in [5.74, 6) is 0.422. The standard InChI is InChI=1S/C14H18N6O2S/c1-14(2,3)20-13(16-17-18-20)10-19(23(4,21)22)12-7-5-6-11(8-12)9-15/h5-8H,10H2,1-4H3. The van der Waals surface area contributed by atoms with Crippen LogP contribution >= 0.6 is 0 Å². The maximum atomic E-state index is 12.2. The van der Waals surface area contributed by atoms with E-state index in [1.165, 1.54) is 10.4 Å². The number of sulfonamides is 1. The third-order valence-electron chi connectivity index (χ3n) is 3.12. The summed E-state index contributed by atoms with van der Waals surface area (Å²) < 4.78 is 27.1. The number of aromatic nitrogens is 4. The lowest BCUT2D eigenvalue weighted by atomic mass is 10.1. The van der Waals surface area contributed by atoms with Crippen LogP contribution in [0.4, 0.5) is 5.69 Å². The lowest BCUT2D eigenvalue weighted by Gasteiger charge is -2.25. The minimum Gasteiger partial charge on any atom is -0.263 e. The predicted molar refractivity (Wildman–Crippen MR) is 85.0 cm³/mol. The number of anilines is 1. The summed E-state index contributed by atoms with van der Waals surface area (Å²) in [6.45, 7) is 5.76. The maximum Gasteiger partial charge on any atom is 0.232 e. The summed E-state index contributed by atoms with van der Waals surface area (Å²) in [5.41, 5.74) is 0.401. The summed E-state index contributed by atoms with van der Waals surface area (Å²) >= 11 is 0. The molecule has 0 atom stereocenters. The number of tetrazole rings is 1. The zero-order valence-electron chi connectivity index (χ0n) is 13.4. The average molecular weight is 334 g/mol. The van der Waals surface area contributed by atoms with E-state index in [2.05, 4.69) is 15.5 Å². The van der Waals surface area contributed by atoms with Crippen molar-refractivity contribution in [1.29, 1.82) is 5.26 Å². The smallest absolute Gasteiger partial charge is 0.232 e. The number of benzene rings is 1. The van der Waals surface area contributed by atoms with Gasteiger partial charge in [0, 0.05) is 0 Å². The number of nitriles is 1. The largest absolute Gasteiger partial charge is 0.263 e. The van der Waals surface area contributed by atoms with Gasteiger partial charge in [0.1, 0.15) is 0 Å². The lowest BCUT2D eigenvalue weighted by molar-refractivity contribution is 0.335. The second kappa shape index (κ2) is 5.96. The Kier molecular flexibility index (Phi) is 4.38. The highest BCUT2D eigenvalue weighted by Crippen LogP contribution is 2.22. The average Bonchev–Trinajstić information content (AvgIpc) is 2.92. The van der Waals surface area contributed by atoms with Crippen molar-refractivity contribution < 1.29 is 8.42 Å². The molecule has 0 saturated heterocycles. The van der Waals surface area contributed by atoms with Crippen LogP contribution in [0.5, 0.6) is 0 Å². The van der Waals surface area contributed by atoms with Crippen LogP contribution in [0.25, 0.3) is 0 Å². The van der Waals surface area contributed by atoms with Crippen LogP contribution in [0, 0.1) is 11.3 Å². The maximum absolute atomic E-state index is 12.2. The molecule has 1 aromatic heterocycles. The quantitative estimate of drug-likeness (QED) is 0.833. The Morgan fingerprint density at radius 1 is 1.35 bits per heavy atom. The first kappa shape index (κ1) is 16.9. The molecule has 0 spiro atoms. The van der Waals surface area contributed by atoms with Crippen LogP contribution in [-0.2, 0) is 22.1 Å². The van der Waals surface area contributed by atoms with Crippen LogP contribution in [0.15, 0.2) is 24.3 Å². The van der Waals surface area contributed by atoms with Gasteiger partial charge in [-0.2, -0.15) is 5.26 Å². The van der Waals surface area contributed by atoms with Gasteiger partial charge in [-0.15, -0.1) is 5.10 Å². The first-order valence-corrected chi connectivity index (χ1v) is 8.73. The molecular weight excluding hydrogens is 316 g/mol. The van der Waals surface area contributed by atoms with Crippen LogP contribution in [-0.4, -0.2) is 34.9 Å². The Labute approximate surface area is 135 Å².